The molecular weight excluding hydrogens is 342 g/mol. The summed E-state index contributed by atoms with van der Waals surface area (Å²) in [6.07, 6.45) is 1.32. The maximum Gasteiger partial charge on any atom is 0.261 e. The number of hydrogen-bond acceptors (Lipinski definition) is 4. The fraction of sp³-hybridized carbons (Fsp3) is 0.111. The van der Waals surface area contributed by atoms with Crippen LogP contribution >= 0.6 is 11.6 Å². The molecule has 3 rings (SSSR count). The second-order valence-corrected chi connectivity index (χ2v) is 5.96. The highest BCUT2D eigenvalue weighted by Gasteiger charge is 2.09. The Kier molecular flexibility index (Phi) is 4.63. The molecule has 0 spiro atoms. The summed E-state index contributed by atoms with van der Waals surface area (Å²) in [6, 6.07) is 11.3. The molecule has 0 atom stereocenters. The van der Waals surface area contributed by atoms with Gasteiger partial charge < -0.3 is 5.32 Å². The van der Waals surface area contributed by atoms with Crippen LogP contribution in [0.2, 0.25) is 5.02 Å². The fourth-order valence-corrected chi connectivity index (χ4v) is 2.55. The highest BCUT2D eigenvalue weighted by atomic mass is 35.5. The second-order valence-electron chi connectivity index (χ2n) is 5.52. The molecule has 6 nitrogen and oxygen atoms in total. The van der Waals surface area contributed by atoms with E-state index in [2.05, 4.69) is 10.3 Å². The fourth-order valence-electron chi connectivity index (χ4n) is 2.39. The van der Waals surface area contributed by atoms with E-state index in [-0.39, 0.29) is 23.8 Å². The molecule has 0 aliphatic rings. The molecule has 1 amide bonds. The van der Waals surface area contributed by atoms with Crippen molar-refractivity contribution in [3.63, 3.8) is 0 Å². The predicted octanol–water partition coefficient (Wildman–Crippen LogP) is 2.89. The van der Waals surface area contributed by atoms with Crippen LogP contribution in [0.25, 0.3) is 10.9 Å². The largest absolute Gasteiger partial charge is 0.325 e. The Bertz CT molecular complexity index is 1030. The van der Waals surface area contributed by atoms with E-state index in [1.54, 1.807) is 42.5 Å². The maximum atomic E-state index is 12.4. The number of hydrogen-bond donors (Lipinski definition) is 1. The van der Waals surface area contributed by atoms with Gasteiger partial charge in [0, 0.05) is 16.3 Å². The Morgan fingerprint density at radius 3 is 2.56 bits per heavy atom. The number of carbonyl (C=O) groups excluding carboxylic acids is 2. The van der Waals surface area contributed by atoms with E-state index in [4.69, 9.17) is 11.6 Å². The first-order valence-corrected chi connectivity index (χ1v) is 7.87. The lowest BCUT2D eigenvalue weighted by Crippen LogP contribution is -2.27. The monoisotopic (exact) mass is 355 g/mol. The summed E-state index contributed by atoms with van der Waals surface area (Å²) in [4.78, 5) is 40.0. The number of halogens is 1. The van der Waals surface area contributed by atoms with Crippen molar-refractivity contribution in [1.82, 2.24) is 9.55 Å². The molecule has 0 radical (unpaired) electrons. The molecule has 0 aliphatic heterocycles. The van der Waals surface area contributed by atoms with Crippen molar-refractivity contribution in [2.75, 3.05) is 5.32 Å². The van der Waals surface area contributed by atoms with Crippen molar-refractivity contribution in [3.8, 4) is 0 Å². The number of benzene rings is 2. The van der Waals surface area contributed by atoms with Gasteiger partial charge in [0.1, 0.15) is 6.54 Å². The minimum absolute atomic E-state index is 0.0493. The standard InChI is InChI=1S/C18H14ClN3O3/c1-11(23)12-2-5-14(6-3-12)21-17(24)9-22-10-20-16-8-13(19)4-7-15(16)18(22)25/h2-8,10H,9H2,1H3,(H,21,24). The van der Waals surface area contributed by atoms with Gasteiger partial charge in [0.25, 0.3) is 5.56 Å². The molecule has 25 heavy (non-hydrogen) atoms. The number of nitrogens with zero attached hydrogens (tertiary/aromatic N) is 2. The summed E-state index contributed by atoms with van der Waals surface area (Å²) in [7, 11) is 0. The number of rotatable bonds is 4. The van der Waals surface area contributed by atoms with Gasteiger partial charge in [0.15, 0.2) is 5.78 Å². The predicted molar refractivity (Wildman–Crippen MR) is 96.1 cm³/mol. The van der Waals surface area contributed by atoms with Crippen LogP contribution < -0.4 is 10.9 Å². The molecule has 3 aromatic rings. The van der Waals surface area contributed by atoms with Gasteiger partial charge in [-0.05, 0) is 49.4 Å². The van der Waals surface area contributed by atoms with E-state index >= 15 is 0 Å². The summed E-state index contributed by atoms with van der Waals surface area (Å²) < 4.78 is 1.23. The van der Waals surface area contributed by atoms with Crippen molar-refractivity contribution in [2.45, 2.75) is 13.5 Å². The van der Waals surface area contributed by atoms with Crippen molar-refractivity contribution in [2.24, 2.45) is 0 Å². The molecule has 7 heteroatoms. The van der Waals surface area contributed by atoms with Crippen molar-refractivity contribution in [1.29, 1.82) is 0 Å². The summed E-state index contributed by atoms with van der Waals surface area (Å²) >= 11 is 5.88. The van der Waals surface area contributed by atoms with Crippen LogP contribution in [0, 0.1) is 0 Å². The zero-order valence-corrected chi connectivity index (χ0v) is 14.1. The van der Waals surface area contributed by atoms with Crippen molar-refractivity contribution >= 4 is 39.9 Å². The van der Waals surface area contributed by atoms with Gasteiger partial charge in [-0.2, -0.15) is 0 Å². The lowest BCUT2D eigenvalue weighted by molar-refractivity contribution is -0.116. The quantitative estimate of drug-likeness (QED) is 0.730. The normalized spacial score (nSPS) is 10.6. The number of aromatic nitrogens is 2. The average molecular weight is 356 g/mol. The SMILES string of the molecule is CC(=O)c1ccc(NC(=O)Cn2cnc3cc(Cl)ccc3c2=O)cc1. The molecule has 0 bridgehead atoms. The van der Waals surface area contributed by atoms with E-state index in [9.17, 15) is 14.4 Å². The topological polar surface area (TPSA) is 81.1 Å². The zero-order chi connectivity index (χ0) is 18.0. The Balaban J connectivity index is 1.77. The van der Waals surface area contributed by atoms with Gasteiger partial charge >= 0.3 is 0 Å². The zero-order valence-electron chi connectivity index (χ0n) is 13.3. The summed E-state index contributed by atoms with van der Waals surface area (Å²) in [5.41, 5.74) is 1.27. The van der Waals surface area contributed by atoms with Crippen LogP contribution in [0.15, 0.2) is 53.6 Å². The Labute approximate surface area is 148 Å². The molecule has 0 aliphatic carbocycles. The Morgan fingerprint density at radius 1 is 1.16 bits per heavy atom. The molecule has 0 saturated carbocycles. The van der Waals surface area contributed by atoms with Crippen LogP contribution in [-0.4, -0.2) is 21.2 Å². The third kappa shape index (κ3) is 3.75. The maximum absolute atomic E-state index is 12.4. The molecule has 1 N–H and O–H groups in total. The first-order valence-electron chi connectivity index (χ1n) is 7.49. The van der Waals surface area contributed by atoms with E-state index in [0.29, 0.717) is 27.2 Å². The number of Topliss-reactive ketones (excluding diaryl/α,β-unsaturated/α-hetero) is 1. The summed E-state index contributed by atoms with van der Waals surface area (Å²) in [6.45, 7) is 1.30. The molecule has 1 heterocycles. The van der Waals surface area contributed by atoms with Crippen molar-refractivity contribution < 1.29 is 9.59 Å². The second kappa shape index (κ2) is 6.86. The molecule has 1 aromatic heterocycles. The first-order chi connectivity index (χ1) is 11.9. The van der Waals surface area contributed by atoms with Gasteiger partial charge in [-0.25, -0.2) is 4.98 Å². The molecule has 0 saturated heterocycles. The first kappa shape index (κ1) is 16.9. The lowest BCUT2D eigenvalue weighted by atomic mass is 10.1. The third-order valence-corrected chi connectivity index (χ3v) is 3.91. The summed E-state index contributed by atoms with van der Waals surface area (Å²) in [5.74, 6) is -0.417. The van der Waals surface area contributed by atoms with E-state index in [0.717, 1.165) is 0 Å². The summed E-state index contributed by atoms with van der Waals surface area (Å²) in [5, 5.41) is 3.57. The van der Waals surface area contributed by atoms with Crippen LogP contribution in [0.1, 0.15) is 17.3 Å². The minimum atomic E-state index is -0.368. The Morgan fingerprint density at radius 2 is 1.88 bits per heavy atom. The van der Waals surface area contributed by atoms with Gasteiger partial charge in [0.05, 0.1) is 17.2 Å². The number of carbonyl (C=O) groups is 2. The van der Waals surface area contributed by atoms with Crippen LogP contribution in [0.5, 0.6) is 0 Å². The van der Waals surface area contributed by atoms with E-state index in [1.807, 2.05) is 0 Å². The van der Waals surface area contributed by atoms with Gasteiger partial charge in [-0.15, -0.1) is 0 Å². The number of amides is 1. The van der Waals surface area contributed by atoms with Crippen molar-refractivity contribution in [3.05, 3.63) is 69.7 Å². The van der Waals surface area contributed by atoms with Gasteiger partial charge in [-0.3, -0.25) is 19.0 Å². The van der Waals surface area contributed by atoms with Crippen LogP contribution in [-0.2, 0) is 11.3 Å². The minimum Gasteiger partial charge on any atom is -0.325 e. The lowest BCUT2D eigenvalue weighted by Gasteiger charge is -2.08. The molecule has 2 aromatic carbocycles. The highest BCUT2D eigenvalue weighted by molar-refractivity contribution is 6.31. The molecule has 126 valence electrons. The smallest absolute Gasteiger partial charge is 0.261 e. The van der Waals surface area contributed by atoms with Gasteiger partial charge in [0.2, 0.25) is 5.91 Å². The highest BCUT2D eigenvalue weighted by Crippen LogP contribution is 2.14. The average Bonchev–Trinajstić information content (AvgIpc) is 2.58. The Hall–Kier alpha value is -2.99. The van der Waals surface area contributed by atoms with E-state index < -0.39 is 0 Å². The van der Waals surface area contributed by atoms with Crippen LogP contribution in [0.4, 0.5) is 5.69 Å². The van der Waals surface area contributed by atoms with Gasteiger partial charge in [-0.1, -0.05) is 11.6 Å². The number of nitrogens with one attached hydrogen (secondary N) is 1. The van der Waals surface area contributed by atoms with E-state index in [1.165, 1.54) is 17.8 Å². The number of fused-ring (bicyclic) bond motifs is 1. The molecule has 0 unspecified atom stereocenters. The van der Waals surface area contributed by atoms with Crippen LogP contribution in [0.3, 0.4) is 0 Å². The molecule has 0 fully saturated rings. The third-order valence-electron chi connectivity index (χ3n) is 3.68. The number of anilines is 1. The number of ketones is 1. The molecular formula is C18H14ClN3O3.